The van der Waals surface area contributed by atoms with Crippen LogP contribution in [0.1, 0.15) is 30.0 Å². The van der Waals surface area contributed by atoms with E-state index in [1.807, 2.05) is 25.2 Å². The van der Waals surface area contributed by atoms with Crippen LogP contribution in [0.25, 0.3) is 6.08 Å². The van der Waals surface area contributed by atoms with Crippen molar-refractivity contribution >= 4 is 11.9 Å². The third-order valence-electron chi connectivity index (χ3n) is 4.08. The molecule has 2 aliphatic carbocycles. The van der Waals surface area contributed by atoms with Gasteiger partial charge in [-0.05, 0) is 42.0 Å². The van der Waals surface area contributed by atoms with Crippen LogP contribution in [-0.2, 0) is 17.6 Å². The van der Waals surface area contributed by atoms with Gasteiger partial charge >= 0.3 is 0 Å². The standard InChI is InChI=1S/C21H20O.CH4O.H2O/c1-16-8-5-6-10-19(14-16)21(22)15-18-12-7-11-17-9-3-2-4-13-20(17)18;1-2;/h2-8,11-14H,9-10,15H2,1H3;2H,1H3;1H2. The second-order valence-corrected chi connectivity index (χ2v) is 5.79. The lowest BCUT2D eigenvalue weighted by atomic mass is 9.93. The Balaban J connectivity index is 0.00000101. The molecule has 0 saturated heterocycles. The molecule has 0 heterocycles. The summed E-state index contributed by atoms with van der Waals surface area (Å²) >= 11 is 0. The van der Waals surface area contributed by atoms with Gasteiger partial charge in [0.1, 0.15) is 0 Å². The number of Topliss-reactive ketones (excluding diaryl/α,β-unsaturated/α-hetero) is 1. The van der Waals surface area contributed by atoms with Gasteiger partial charge < -0.3 is 10.6 Å². The SMILES string of the molecule is CC1=CC=CCC(C(=O)Cc2cccc3c2C=CC=CC3)=C1.CO.O. The summed E-state index contributed by atoms with van der Waals surface area (Å²) in [6.45, 7) is 2.03. The highest BCUT2D eigenvalue weighted by molar-refractivity contribution is 5.98. The van der Waals surface area contributed by atoms with Gasteiger partial charge in [0.05, 0.1) is 0 Å². The lowest BCUT2D eigenvalue weighted by Crippen LogP contribution is -2.08. The Hall–Kier alpha value is -2.49. The van der Waals surface area contributed by atoms with E-state index in [2.05, 4.69) is 48.6 Å². The maximum absolute atomic E-state index is 12.7. The zero-order chi connectivity index (χ0) is 17.4. The lowest BCUT2D eigenvalue weighted by Gasteiger charge is -2.11. The summed E-state index contributed by atoms with van der Waals surface area (Å²) in [5.74, 6) is 0.221. The maximum Gasteiger partial charge on any atom is 0.163 e. The van der Waals surface area contributed by atoms with Crippen LogP contribution in [0.15, 0.2) is 71.9 Å². The molecule has 1 aromatic rings. The van der Waals surface area contributed by atoms with Gasteiger partial charge in [-0.1, -0.05) is 72.4 Å². The third kappa shape index (κ3) is 5.52. The fraction of sp³-hybridized carbons (Fsp3) is 0.227. The number of hydrogen-bond acceptors (Lipinski definition) is 2. The van der Waals surface area contributed by atoms with Crippen LogP contribution < -0.4 is 0 Å². The molecule has 0 fully saturated rings. The van der Waals surface area contributed by atoms with Crippen LogP contribution in [0.3, 0.4) is 0 Å². The Morgan fingerprint density at radius 2 is 1.84 bits per heavy atom. The first-order chi connectivity index (χ1) is 11.7. The van der Waals surface area contributed by atoms with Crippen molar-refractivity contribution in [1.29, 1.82) is 0 Å². The van der Waals surface area contributed by atoms with E-state index in [1.165, 1.54) is 11.1 Å². The molecular weight excluding hydrogens is 312 g/mol. The monoisotopic (exact) mass is 338 g/mol. The highest BCUT2D eigenvalue weighted by atomic mass is 16.2. The summed E-state index contributed by atoms with van der Waals surface area (Å²) in [6, 6.07) is 6.27. The first kappa shape index (κ1) is 20.6. The molecular formula is C22H26O3. The number of ketones is 1. The topological polar surface area (TPSA) is 68.8 Å². The summed E-state index contributed by atoms with van der Waals surface area (Å²) < 4.78 is 0. The van der Waals surface area contributed by atoms with E-state index in [1.54, 1.807) is 0 Å². The Bertz CT molecular complexity index is 747. The van der Waals surface area contributed by atoms with Crippen molar-refractivity contribution in [3.05, 3.63) is 88.6 Å². The van der Waals surface area contributed by atoms with Crippen LogP contribution in [0.4, 0.5) is 0 Å². The minimum Gasteiger partial charge on any atom is -0.412 e. The fourth-order valence-electron chi connectivity index (χ4n) is 2.92. The average molecular weight is 338 g/mol. The number of benzene rings is 1. The molecule has 25 heavy (non-hydrogen) atoms. The molecule has 3 nitrogen and oxygen atoms in total. The van der Waals surface area contributed by atoms with Gasteiger partial charge in [0.25, 0.3) is 0 Å². The van der Waals surface area contributed by atoms with E-state index in [0.29, 0.717) is 6.42 Å². The van der Waals surface area contributed by atoms with Crippen LogP contribution in [0.5, 0.6) is 0 Å². The van der Waals surface area contributed by atoms with Crippen molar-refractivity contribution in [1.82, 2.24) is 0 Å². The molecule has 0 spiro atoms. The highest BCUT2D eigenvalue weighted by Crippen LogP contribution is 2.23. The Kier molecular flexibility index (Phi) is 8.54. The number of carbonyl (C=O) groups is 1. The molecule has 3 N–H and O–H groups in total. The number of aliphatic hydroxyl groups excluding tert-OH is 1. The van der Waals surface area contributed by atoms with E-state index >= 15 is 0 Å². The van der Waals surface area contributed by atoms with Crippen LogP contribution in [0, 0.1) is 0 Å². The first-order valence-corrected chi connectivity index (χ1v) is 8.20. The largest absolute Gasteiger partial charge is 0.412 e. The predicted octanol–water partition coefficient (Wildman–Crippen LogP) is 3.54. The normalized spacial score (nSPS) is 14.7. The molecule has 0 aromatic heterocycles. The first-order valence-electron chi connectivity index (χ1n) is 8.20. The van der Waals surface area contributed by atoms with Crippen molar-refractivity contribution in [3.63, 3.8) is 0 Å². The van der Waals surface area contributed by atoms with E-state index in [4.69, 9.17) is 5.11 Å². The van der Waals surface area contributed by atoms with Crippen molar-refractivity contribution in [2.75, 3.05) is 7.11 Å². The zero-order valence-electron chi connectivity index (χ0n) is 14.8. The second-order valence-electron chi connectivity index (χ2n) is 5.79. The van der Waals surface area contributed by atoms with Crippen molar-refractivity contribution in [3.8, 4) is 0 Å². The molecule has 3 heteroatoms. The number of allylic oxidation sites excluding steroid dienone is 9. The average Bonchev–Trinajstić information content (AvgIpc) is 2.97. The van der Waals surface area contributed by atoms with E-state index in [-0.39, 0.29) is 11.3 Å². The van der Waals surface area contributed by atoms with Crippen LogP contribution >= 0.6 is 0 Å². The van der Waals surface area contributed by atoms with Crippen LogP contribution in [-0.4, -0.2) is 23.5 Å². The van der Waals surface area contributed by atoms with Gasteiger partial charge in [-0.3, -0.25) is 4.79 Å². The van der Waals surface area contributed by atoms with Crippen molar-refractivity contribution < 1.29 is 15.4 Å². The number of aliphatic hydroxyl groups is 1. The van der Waals surface area contributed by atoms with E-state index in [0.717, 1.165) is 36.7 Å². The third-order valence-corrected chi connectivity index (χ3v) is 4.08. The van der Waals surface area contributed by atoms with Crippen LogP contribution in [0.2, 0.25) is 0 Å². The van der Waals surface area contributed by atoms with Gasteiger partial charge in [0.15, 0.2) is 5.78 Å². The lowest BCUT2D eigenvalue weighted by molar-refractivity contribution is -0.115. The molecule has 0 bridgehead atoms. The van der Waals surface area contributed by atoms with Gasteiger partial charge in [0, 0.05) is 13.5 Å². The summed E-state index contributed by atoms with van der Waals surface area (Å²) in [4.78, 5) is 12.7. The van der Waals surface area contributed by atoms with Crippen molar-refractivity contribution in [2.45, 2.75) is 26.2 Å². The van der Waals surface area contributed by atoms with Gasteiger partial charge in [-0.25, -0.2) is 0 Å². The zero-order valence-corrected chi connectivity index (χ0v) is 14.8. The molecule has 3 rings (SSSR count). The molecule has 2 aliphatic rings. The summed E-state index contributed by atoms with van der Waals surface area (Å²) in [5, 5.41) is 7.00. The summed E-state index contributed by atoms with van der Waals surface area (Å²) in [7, 11) is 1.00. The molecule has 1 aromatic carbocycles. The molecule has 0 atom stereocenters. The molecule has 0 saturated carbocycles. The summed E-state index contributed by atoms with van der Waals surface area (Å²) in [6.07, 6.45) is 18.7. The van der Waals surface area contributed by atoms with Gasteiger partial charge in [-0.2, -0.15) is 0 Å². The Labute approximate surface area is 149 Å². The smallest absolute Gasteiger partial charge is 0.163 e. The molecule has 0 aliphatic heterocycles. The van der Waals surface area contributed by atoms with Gasteiger partial charge in [0.2, 0.25) is 0 Å². The summed E-state index contributed by atoms with van der Waals surface area (Å²) in [5.41, 5.74) is 5.65. The molecule has 0 amide bonds. The quantitative estimate of drug-likeness (QED) is 0.916. The molecule has 0 radical (unpaired) electrons. The predicted molar refractivity (Wildman–Crippen MR) is 104 cm³/mol. The van der Waals surface area contributed by atoms with E-state index in [9.17, 15) is 4.79 Å². The van der Waals surface area contributed by atoms with E-state index < -0.39 is 0 Å². The minimum absolute atomic E-state index is 0. The minimum atomic E-state index is 0. The Morgan fingerprint density at radius 3 is 2.64 bits per heavy atom. The molecule has 0 unspecified atom stereocenters. The highest BCUT2D eigenvalue weighted by Gasteiger charge is 2.14. The maximum atomic E-state index is 12.7. The molecule has 132 valence electrons. The van der Waals surface area contributed by atoms with Crippen molar-refractivity contribution in [2.24, 2.45) is 0 Å². The second kappa shape index (κ2) is 10.4. The number of fused-ring (bicyclic) bond motifs is 1. The number of carbonyl (C=O) groups excluding carboxylic acids is 1. The Morgan fingerprint density at radius 1 is 1.08 bits per heavy atom. The van der Waals surface area contributed by atoms with Gasteiger partial charge in [-0.15, -0.1) is 0 Å². The number of hydrogen-bond donors (Lipinski definition) is 1. The number of rotatable bonds is 3. The fourth-order valence-corrected chi connectivity index (χ4v) is 2.92.